The molecule has 2 rings (SSSR count). The van der Waals surface area contributed by atoms with Gasteiger partial charge in [0.2, 0.25) is 5.95 Å². The van der Waals surface area contributed by atoms with Crippen LogP contribution in [0.5, 0.6) is 0 Å². The van der Waals surface area contributed by atoms with Crippen molar-refractivity contribution in [3.05, 3.63) is 30.6 Å². The molecule has 6 nitrogen and oxygen atoms in total. The fourth-order valence-corrected chi connectivity index (χ4v) is 1.58. The average molecular weight is 259 g/mol. The Bertz CT molecular complexity index is 532. The highest BCUT2D eigenvalue weighted by atomic mass is 16.3. The maximum absolute atomic E-state index is 9.07. The number of pyridine rings is 1. The summed E-state index contributed by atoms with van der Waals surface area (Å²) in [7, 11) is 1.80. The molecule has 6 heteroatoms. The van der Waals surface area contributed by atoms with Gasteiger partial charge in [-0.3, -0.25) is 4.98 Å². The zero-order valence-corrected chi connectivity index (χ0v) is 11.0. The van der Waals surface area contributed by atoms with E-state index in [1.807, 2.05) is 25.1 Å². The van der Waals surface area contributed by atoms with E-state index in [1.54, 1.807) is 19.4 Å². The molecule has 0 aliphatic rings. The number of rotatable bonds is 5. The molecule has 0 radical (unpaired) electrons. The summed E-state index contributed by atoms with van der Waals surface area (Å²) in [5.41, 5.74) is 1.77. The summed E-state index contributed by atoms with van der Waals surface area (Å²) in [4.78, 5) is 12.7. The maximum Gasteiger partial charge on any atom is 0.225 e. The molecule has 1 atom stereocenters. The number of hydrogen-bond acceptors (Lipinski definition) is 6. The van der Waals surface area contributed by atoms with Crippen LogP contribution in [0.15, 0.2) is 30.6 Å². The third kappa shape index (κ3) is 3.38. The first-order valence-corrected chi connectivity index (χ1v) is 6.07. The summed E-state index contributed by atoms with van der Waals surface area (Å²) >= 11 is 0. The molecule has 0 saturated heterocycles. The first-order valence-electron chi connectivity index (χ1n) is 6.07. The van der Waals surface area contributed by atoms with Crippen molar-refractivity contribution in [2.75, 3.05) is 24.3 Å². The standard InChI is InChI=1S/C13H17N5O/c1-9(8-19)16-13-17-11(7-12(14-2)18-13)10-3-5-15-6-4-10/h3-7,9,19H,8H2,1-2H3,(H2,14,16,17,18)/t9-/m0/s1. The van der Waals surface area contributed by atoms with E-state index in [0.29, 0.717) is 5.95 Å². The lowest BCUT2D eigenvalue weighted by molar-refractivity contribution is 0.281. The predicted octanol–water partition coefficient (Wildman–Crippen LogP) is 1.37. The highest BCUT2D eigenvalue weighted by molar-refractivity contribution is 5.63. The Morgan fingerprint density at radius 1 is 1.26 bits per heavy atom. The number of aliphatic hydroxyl groups excluding tert-OH is 1. The van der Waals surface area contributed by atoms with Crippen molar-refractivity contribution >= 4 is 11.8 Å². The molecule has 0 aromatic carbocycles. The number of aliphatic hydroxyl groups is 1. The first kappa shape index (κ1) is 13.2. The molecule has 19 heavy (non-hydrogen) atoms. The van der Waals surface area contributed by atoms with Gasteiger partial charge in [0, 0.05) is 37.1 Å². The summed E-state index contributed by atoms with van der Waals surface area (Å²) in [6.45, 7) is 1.89. The van der Waals surface area contributed by atoms with Gasteiger partial charge in [0.1, 0.15) is 5.82 Å². The van der Waals surface area contributed by atoms with E-state index in [9.17, 15) is 0 Å². The Kier molecular flexibility index (Phi) is 4.25. The number of nitrogens with one attached hydrogen (secondary N) is 2. The second kappa shape index (κ2) is 6.10. The van der Waals surface area contributed by atoms with Crippen molar-refractivity contribution in [2.45, 2.75) is 13.0 Å². The van der Waals surface area contributed by atoms with Gasteiger partial charge in [-0.2, -0.15) is 4.98 Å². The zero-order chi connectivity index (χ0) is 13.7. The fourth-order valence-electron chi connectivity index (χ4n) is 1.58. The summed E-state index contributed by atoms with van der Waals surface area (Å²) in [5.74, 6) is 1.20. The van der Waals surface area contributed by atoms with Gasteiger partial charge in [-0.25, -0.2) is 4.98 Å². The van der Waals surface area contributed by atoms with Gasteiger partial charge >= 0.3 is 0 Å². The predicted molar refractivity (Wildman–Crippen MR) is 75.0 cm³/mol. The molecule has 0 bridgehead atoms. The van der Waals surface area contributed by atoms with Crippen LogP contribution in [0.4, 0.5) is 11.8 Å². The van der Waals surface area contributed by atoms with Crippen molar-refractivity contribution in [3.63, 3.8) is 0 Å². The van der Waals surface area contributed by atoms with Crippen LogP contribution in [0.25, 0.3) is 11.3 Å². The van der Waals surface area contributed by atoms with E-state index >= 15 is 0 Å². The number of aromatic nitrogens is 3. The molecule has 3 N–H and O–H groups in total. The molecule has 0 spiro atoms. The Balaban J connectivity index is 2.36. The minimum Gasteiger partial charge on any atom is -0.394 e. The van der Waals surface area contributed by atoms with Crippen molar-refractivity contribution < 1.29 is 5.11 Å². The van der Waals surface area contributed by atoms with Gasteiger partial charge in [-0.1, -0.05) is 0 Å². The fraction of sp³-hybridized carbons (Fsp3) is 0.308. The number of nitrogens with zero attached hydrogens (tertiary/aromatic N) is 3. The largest absolute Gasteiger partial charge is 0.394 e. The van der Waals surface area contributed by atoms with Crippen LogP contribution >= 0.6 is 0 Å². The monoisotopic (exact) mass is 259 g/mol. The summed E-state index contributed by atoms with van der Waals surface area (Å²) in [6, 6.07) is 5.55. The summed E-state index contributed by atoms with van der Waals surface area (Å²) < 4.78 is 0. The van der Waals surface area contributed by atoms with E-state index < -0.39 is 0 Å². The Hall–Kier alpha value is -2.21. The highest BCUT2D eigenvalue weighted by Gasteiger charge is 2.08. The van der Waals surface area contributed by atoms with Gasteiger partial charge in [0.25, 0.3) is 0 Å². The van der Waals surface area contributed by atoms with Crippen molar-refractivity contribution in [3.8, 4) is 11.3 Å². The summed E-state index contributed by atoms with van der Waals surface area (Å²) in [6.07, 6.45) is 3.44. The van der Waals surface area contributed by atoms with E-state index in [0.717, 1.165) is 17.1 Å². The van der Waals surface area contributed by atoms with E-state index in [-0.39, 0.29) is 12.6 Å². The molecule has 100 valence electrons. The minimum absolute atomic E-state index is 0.0255. The Labute approximate surface area is 112 Å². The Morgan fingerprint density at radius 2 is 2.00 bits per heavy atom. The van der Waals surface area contributed by atoms with Crippen molar-refractivity contribution in [1.82, 2.24) is 15.0 Å². The minimum atomic E-state index is -0.0996. The number of anilines is 2. The molecular weight excluding hydrogens is 242 g/mol. The van der Waals surface area contributed by atoms with Crippen LogP contribution in [0.2, 0.25) is 0 Å². The smallest absolute Gasteiger partial charge is 0.225 e. The van der Waals surface area contributed by atoms with Crippen LogP contribution in [-0.2, 0) is 0 Å². The van der Waals surface area contributed by atoms with Gasteiger partial charge in [0.15, 0.2) is 0 Å². The normalized spacial score (nSPS) is 11.9. The maximum atomic E-state index is 9.07. The second-order valence-electron chi connectivity index (χ2n) is 4.18. The van der Waals surface area contributed by atoms with Crippen molar-refractivity contribution in [2.24, 2.45) is 0 Å². The first-order chi connectivity index (χ1) is 9.22. The molecule has 2 aromatic heterocycles. The van der Waals surface area contributed by atoms with Gasteiger partial charge in [-0.15, -0.1) is 0 Å². The molecule has 0 saturated carbocycles. The third-order valence-electron chi connectivity index (χ3n) is 2.61. The quantitative estimate of drug-likeness (QED) is 0.752. The molecule has 0 aliphatic carbocycles. The van der Waals surface area contributed by atoms with Gasteiger partial charge in [0.05, 0.1) is 12.3 Å². The van der Waals surface area contributed by atoms with Crippen molar-refractivity contribution in [1.29, 1.82) is 0 Å². The molecule has 2 heterocycles. The van der Waals surface area contributed by atoms with Crippen LogP contribution in [0.1, 0.15) is 6.92 Å². The Morgan fingerprint density at radius 3 is 2.63 bits per heavy atom. The molecule has 0 aliphatic heterocycles. The molecule has 0 fully saturated rings. The SMILES string of the molecule is CNc1cc(-c2ccncc2)nc(N[C@@H](C)CO)n1. The van der Waals surface area contributed by atoms with Crippen LogP contribution < -0.4 is 10.6 Å². The molecular formula is C13H17N5O. The molecule has 2 aromatic rings. The molecule has 0 unspecified atom stereocenters. The number of hydrogen-bond donors (Lipinski definition) is 3. The summed E-state index contributed by atoms with van der Waals surface area (Å²) in [5, 5.41) is 15.1. The van der Waals surface area contributed by atoms with E-state index in [1.165, 1.54) is 0 Å². The van der Waals surface area contributed by atoms with Crippen LogP contribution in [0, 0.1) is 0 Å². The van der Waals surface area contributed by atoms with Crippen LogP contribution in [-0.4, -0.2) is 39.8 Å². The van der Waals surface area contributed by atoms with E-state index in [2.05, 4.69) is 25.6 Å². The third-order valence-corrected chi connectivity index (χ3v) is 2.61. The second-order valence-corrected chi connectivity index (χ2v) is 4.18. The highest BCUT2D eigenvalue weighted by Crippen LogP contribution is 2.20. The lowest BCUT2D eigenvalue weighted by Crippen LogP contribution is -2.21. The lowest BCUT2D eigenvalue weighted by atomic mass is 10.2. The molecule has 0 amide bonds. The van der Waals surface area contributed by atoms with Crippen LogP contribution in [0.3, 0.4) is 0 Å². The topological polar surface area (TPSA) is 83.0 Å². The lowest BCUT2D eigenvalue weighted by Gasteiger charge is -2.13. The van der Waals surface area contributed by atoms with Gasteiger partial charge < -0.3 is 15.7 Å². The average Bonchev–Trinajstić information content (AvgIpc) is 2.47. The zero-order valence-electron chi connectivity index (χ0n) is 11.0. The van der Waals surface area contributed by atoms with Gasteiger partial charge in [-0.05, 0) is 19.1 Å². The van der Waals surface area contributed by atoms with E-state index in [4.69, 9.17) is 5.11 Å².